The van der Waals surface area contributed by atoms with Crippen molar-refractivity contribution in [1.82, 2.24) is 15.0 Å². The Labute approximate surface area is 335 Å². The molecule has 0 bridgehead atoms. The molecule has 0 amide bonds. The van der Waals surface area contributed by atoms with Crippen molar-refractivity contribution in [2.24, 2.45) is 0 Å². The molecule has 58 heavy (non-hydrogen) atoms. The van der Waals surface area contributed by atoms with Crippen LogP contribution in [0.3, 0.4) is 0 Å². The first-order valence-electron chi connectivity index (χ1n) is 19.4. The second-order valence-corrected chi connectivity index (χ2v) is 14.4. The third-order valence-corrected chi connectivity index (χ3v) is 10.9. The smallest absolute Gasteiger partial charge is 0.164 e. The van der Waals surface area contributed by atoms with Crippen molar-refractivity contribution in [2.45, 2.75) is 0 Å². The standard InChI is InChI=1S/C53H34N4O/c1-4-14-35(15-5-1)36-26-28-41(29-27-36)57(42-30-31-45-40(32-42)25-24-37-16-10-11-21-44(37)45)43-33-47(50-46-22-12-13-23-48(46)58-49(50)34-43)53-55-51(38-17-6-2-7-18-38)54-52(56-53)39-19-8-3-9-20-39/h1-34H. The molecule has 0 saturated carbocycles. The van der Waals surface area contributed by atoms with Gasteiger partial charge in [-0.15, -0.1) is 0 Å². The van der Waals surface area contributed by atoms with Gasteiger partial charge < -0.3 is 9.32 Å². The molecular formula is C53H34N4O. The Morgan fingerprint density at radius 2 is 0.862 bits per heavy atom. The number of furan rings is 1. The predicted molar refractivity (Wildman–Crippen MR) is 239 cm³/mol. The molecule has 5 heteroatoms. The van der Waals surface area contributed by atoms with Gasteiger partial charge in [-0.2, -0.15) is 0 Å². The van der Waals surface area contributed by atoms with Gasteiger partial charge in [-0.1, -0.05) is 164 Å². The molecular weight excluding hydrogens is 709 g/mol. The van der Waals surface area contributed by atoms with Gasteiger partial charge in [0.2, 0.25) is 0 Å². The van der Waals surface area contributed by atoms with E-state index >= 15 is 0 Å². The van der Waals surface area contributed by atoms with Crippen LogP contribution in [0.4, 0.5) is 17.1 Å². The number of nitrogens with zero attached hydrogens (tertiary/aromatic N) is 4. The third-order valence-electron chi connectivity index (χ3n) is 10.9. The van der Waals surface area contributed by atoms with Gasteiger partial charge in [0.25, 0.3) is 0 Å². The maximum atomic E-state index is 6.70. The Balaban J connectivity index is 1.17. The van der Waals surface area contributed by atoms with Gasteiger partial charge in [0.1, 0.15) is 11.2 Å². The van der Waals surface area contributed by atoms with Crippen LogP contribution in [0.15, 0.2) is 211 Å². The fourth-order valence-electron chi connectivity index (χ4n) is 8.09. The van der Waals surface area contributed by atoms with Gasteiger partial charge in [0.15, 0.2) is 17.5 Å². The second-order valence-electron chi connectivity index (χ2n) is 14.4. The van der Waals surface area contributed by atoms with E-state index in [1.165, 1.54) is 21.7 Å². The maximum absolute atomic E-state index is 6.70. The Kier molecular flexibility index (Phi) is 8.07. The number of hydrogen-bond acceptors (Lipinski definition) is 5. The first kappa shape index (κ1) is 33.4. The normalized spacial score (nSPS) is 11.4. The Morgan fingerprint density at radius 1 is 0.328 bits per heavy atom. The topological polar surface area (TPSA) is 55.1 Å². The van der Waals surface area contributed by atoms with Crippen molar-refractivity contribution in [1.29, 1.82) is 0 Å². The summed E-state index contributed by atoms with van der Waals surface area (Å²) in [5, 5.41) is 6.77. The molecule has 9 aromatic carbocycles. The summed E-state index contributed by atoms with van der Waals surface area (Å²) < 4.78 is 6.70. The minimum absolute atomic E-state index is 0.565. The fourth-order valence-corrected chi connectivity index (χ4v) is 8.09. The SMILES string of the molecule is c1ccc(-c2ccc(N(c3ccc4c(ccc5ccccc54)c3)c3cc(-c4nc(-c5ccccc5)nc(-c5ccccc5)n4)c4c(c3)oc3ccccc34)cc2)cc1. The van der Waals surface area contributed by atoms with Crippen LogP contribution in [-0.4, -0.2) is 15.0 Å². The van der Waals surface area contributed by atoms with Crippen LogP contribution >= 0.6 is 0 Å². The molecule has 0 fully saturated rings. The average molecular weight is 743 g/mol. The fraction of sp³-hybridized carbons (Fsp3) is 0. The van der Waals surface area contributed by atoms with E-state index < -0.39 is 0 Å². The van der Waals surface area contributed by atoms with Crippen LogP contribution in [0.25, 0.3) is 88.8 Å². The average Bonchev–Trinajstić information content (AvgIpc) is 3.68. The van der Waals surface area contributed by atoms with E-state index in [1.807, 2.05) is 84.9 Å². The summed E-state index contributed by atoms with van der Waals surface area (Å²) >= 11 is 0. The lowest BCUT2D eigenvalue weighted by molar-refractivity contribution is 0.669. The highest BCUT2D eigenvalue weighted by Gasteiger charge is 2.23. The molecule has 0 aliphatic carbocycles. The maximum Gasteiger partial charge on any atom is 0.164 e. The molecule has 0 spiro atoms. The molecule has 272 valence electrons. The van der Waals surface area contributed by atoms with Crippen LogP contribution in [0, 0.1) is 0 Å². The highest BCUT2D eigenvalue weighted by atomic mass is 16.3. The summed E-state index contributed by atoms with van der Waals surface area (Å²) in [5.41, 5.74) is 9.48. The van der Waals surface area contributed by atoms with E-state index in [-0.39, 0.29) is 0 Å². The Morgan fingerprint density at radius 3 is 1.57 bits per heavy atom. The molecule has 5 nitrogen and oxygen atoms in total. The van der Waals surface area contributed by atoms with E-state index in [2.05, 4.69) is 126 Å². The number of benzene rings is 9. The molecule has 11 aromatic rings. The van der Waals surface area contributed by atoms with E-state index in [0.29, 0.717) is 17.5 Å². The number of rotatable bonds is 7. The largest absolute Gasteiger partial charge is 0.456 e. The summed E-state index contributed by atoms with van der Waals surface area (Å²) in [5.74, 6) is 1.77. The highest BCUT2D eigenvalue weighted by molar-refractivity contribution is 6.14. The molecule has 0 radical (unpaired) electrons. The van der Waals surface area contributed by atoms with Crippen LogP contribution in [0.1, 0.15) is 0 Å². The van der Waals surface area contributed by atoms with Crippen molar-refractivity contribution in [2.75, 3.05) is 4.90 Å². The third kappa shape index (κ3) is 5.94. The molecule has 0 atom stereocenters. The second kappa shape index (κ2) is 14.0. The number of aromatic nitrogens is 3. The first-order chi connectivity index (χ1) is 28.7. The molecule has 11 rings (SSSR count). The molecule has 0 N–H and O–H groups in total. The summed E-state index contributed by atoms with van der Waals surface area (Å²) in [7, 11) is 0. The Bertz CT molecular complexity index is 3210. The van der Waals surface area contributed by atoms with E-state index in [1.54, 1.807) is 0 Å². The number of para-hydroxylation sites is 1. The van der Waals surface area contributed by atoms with Crippen molar-refractivity contribution < 1.29 is 4.42 Å². The lowest BCUT2D eigenvalue weighted by Gasteiger charge is -2.27. The number of anilines is 3. The number of hydrogen-bond donors (Lipinski definition) is 0. The van der Waals surface area contributed by atoms with Gasteiger partial charge in [-0.3, -0.25) is 0 Å². The number of fused-ring (bicyclic) bond motifs is 6. The summed E-state index contributed by atoms with van der Waals surface area (Å²) in [6.45, 7) is 0. The molecule has 0 saturated heterocycles. The van der Waals surface area contributed by atoms with Gasteiger partial charge in [-0.25, -0.2) is 15.0 Å². The van der Waals surface area contributed by atoms with Crippen molar-refractivity contribution in [3.05, 3.63) is 206 Å². The molecule has 0 aliphatic heterocycles. The monoisotopic (exact) mass is 742 g/mol. The lowest BCUT2D eigenvalue weighted by Crippen LogP contribution is -2.10. The zero-order valence-corrected chi connectivity index (χ0v) is 31.3. The molecule has 0 unspecified atom stereocenters. The predicted octanol–water partition coefficient (Wildman–Crippen LogP) is 14.2. The molecule has 0 aliphatic rings. The van der Waals surface area contributed by atoms with Gasteiger partial charge in [-0.05, 0) is 69.1 Å². The quantitative estimate of drug-likeness (QED) is 0.152. The minimum atomic E-state index is 0.565. The van der Waals surface area contributed by atoms with Crippen LogP contribution in [0.5, 0.6) is 0 Å². The minimum Gasteiger partial charge on any atom is -0.456 e. The van der Waals surface area contributed by atoms with E-state index in [4.69, 9.17) is 19.4 Å². The van der Waals surface area contributed by atoms with Gasteiger partial charge in [0, 0.05) is 44.9 Å². The lowest BCUT2D eigenvalue weighted by atomic mass is 10.00. The van der Waals surface area contributed by atoms with E-state index in [9.17, 15) is 0 Å². The van der Waals surface area contributed by atoms with Crippen LogP contribution in [-0.2, 0) is 0 Å². The van der Waals surface area contributed by atoms with Crippen molar-refractivity contribution in [3.63, 3.8) is 0 Å². The summed E-state index contributed by atoms with van der Waals surface area (Å²) in [6.07, 6.45) is 0. The zero-order valence-electron chi connectivity index (χ0n) is 31.3. The summed E-state index contributed by atoms with van der Waals surface area (Å²) in [4.78, 5) is 17.7. The van der Waals surface area contributed by atoms with Crippen molar-refractivity contribution >= 4 is 60.5 Å². The van der Waals surface area contributed by atoms with Crippen LogP contribution in [0.2, 0.25) is 0 Å². The van der Waals surface area contributed by atoms with Gasteiger partial charge in [0.05, 0.1) is 5.69 Å². The Hall–Kier alpha value is -7.89. The molecule has 2 heterocycles. The summed E-state index contributed by atoms with van der Waals surface area (Å²) in [6, 6.07) is 71.7. The first-order valence-corrected chi connectivity index (χ1v) is 19.4. The van der Waals surface area contributed by atoms with Crippen molar-refractivity contribution in [3.8, 4) is 45.3 Å². The van der Waals surface area contributed by atoms with Crippen LogP contribution < -0.4 is 4.90 Å². The highest BCUT2D eigenvalue weighted by Crippen LogP contribution is 2.44. The molecule has 2 aromatic heterocycles. The van der Waals surface area contributed by atoms with Gasteiger partial charge >= 0.3 is 0 Å². The zero-order chi connectivity index (χ0) is 38.4. The van der Waals surface area contributed by atoms with E-state index in [0.717, 1.165) is 66.6 Å².